The Morgan fingerprint density at radius 2 is 1.96 bits per heavy atom. The van der Waals surface area contributed by atoms with Crippen LogP contribution in [0.3, 0.4) is 0 Å². The topological polar surface area (TPSA) is 39.9 Å². The summed E-state index contributed by atoms with van der Waals surface area (Å²) in [5.41, 5.74) is 1.57. The molecule has 0 spiro atoms. The Bertz CT molecular complexity index is 904. The fraction of sp³-hybridized carbons (Fsp3) is 0.200. The minimum Gasteiger partial charge on any atom is -0.432 e. The molecule has 0 aliphatic carbocycles. The molecule has 0 bridgehead atoms. The van der Waals surface area contributed by atoms with Crippen LogP contribution in [-0.2, 0) is 0 Å². The second kappa shape index (κ2) is 6.82. The van der Waals surface area contributed by atoms with E-state index in [1.165, 1.54) is 6.07 Å². The molecule has 4 nitrogen and oxygen atoms in total. The van der Waals surface area contributed by atoms with Crippen molar-refractivity contribution in [1.29, 1.82) is 0 Å². The summed E-state index contributed by atoms with van der Waals surface area (Å²) in [5.74, 6) is -0.0463. The number of nitrogens with zero attached hydrogens (tertiary/aromatic N) is 3. The van der Waals surface area contributed by atoms with E-state index < -0.39 is 6.61 Å². The van der Waals surface area contributed by atoms with Crippen molar-refractivity contribution in [3.63, 3.8) is 0 Å². The van der Waals surface area contributed by atoms with E-state index in [9.17, 15) is 8.78 Å². The van der Waals surface area contributed by atoms with Gasteiger partial charge in [0.15, 0.2) is 11.3 Å². The van der Waals surface area contributed by atoms with Gasteiger partial charge in [-0.3, -0.25) is 0 Å². The Hall–Kier alpha value is -1.44. The standard InChI is InChI=1S/C15H10BrCl2F2N3O/c1-7(10-3-2-9(17)6-11(10)18)23-12-4-8(16)5-13(24-15(19)20)14(12)21-22-23/h2-7,15H,1H3/t7-/m1/s1. The zero-order valence-corrected chi connectivity index (χ0v) is 15.3. The number of alkyl halides is 2. The normalized spacial score (nSPS) is 12.8. The molecule has 0 radical (unpaired) electrons. The molecule has 0 fully saturated rings. The lowest BCUT2D eigenvalue weighted by Crippen LogP contribution is -2.09. The van der Waals surface area contributed by atoms with Crippen LogP contribution in [0.1, 0.15) is 18.5 Å². The number of aromatic nitrogens is 3. The average Bonchev–Trinajstić information content (AvgIpc) is 2.89. The molecule has 126 valence electrons. The second-order valence-corrected chi connectivity index (χ2v) is 6.79. The monoisotopic (exact) mass is 435 g/mol. The van der Waals surface area contributed by atoms with Gasteiger partial charge in [-0.2, -0.15) is 8.78 Å². The highest BCUT2D eigenvalue weighted by molar-refractivity contribution is 9.10. The van der Waals surface area contributed by atoms with Crippen LogP contribution in [0, 0.1) is 0 Å². The van der Waals surface area contributed by atoms with Gasteiger partial charge < -0.3 is 4.74 Å². The van der Waals surface area contributed by atoms with Crippen LogP contribution < -0.4 is 4.74 Å². The summed E-state index contributed by atoms with van der Waals surface area (Å²) in [4.78, 5) is 0. The number of fused-ring (bicyclic) bond motifs is 1. The molecule has 0 aliphatic rings. The molecule has 3 rings (SSSR count). The summed E-state index contributed by atoms with van der Waals surface area (Å²) < 4.78 is 31.8. The van der Waals surface area contributed by atoms with Gasteiger partial charge >= 0.3 is 6.61 Å². The van der Waals surface area contributed by atoms with E-state index in [0.29, 0.717) is 20.0 Å². The smallest absolute Gasteiger partial charge is 0.387 e. The zero-order chi connectivity index (χ0) is 17.4. The van der Waals surface area contributed by atoms with Crippen molar-refractivity contribution in [2.45, 2.75) is 19.6 Å². The molecule has 9 heteroatoms. The van der Waals surface area contributed by atoms with E-state index in [0.717, 1.165) is 5.56 Å². The van der Waals surface area contributed by atoms with Crippen molar-refractivity contribution in [2.24, 2.45) is 0 Å². The third kappa shape index (κ3) is 3.34. The van der Waals surface area contributed by atoms with E-state index in [1.54, 1.807) is 28.9 Å². The van der Waals surface area contributed by atoms with Crippen LogP contribution in [0.4, 0.5) is 8.78 Å². The van der Waals surface area contributed by atoms with Crippen molar-refractivity contribution in [3.8, 4) is 5.75 Å². The first kappa shape index (κ1) is 17.4. The first-order valence-corrected chi connectivity index (χ1v) is 8.36. The second-order valence-electron chi connectivity index (χ2n) is 5.03. The van der Waals surface area contributed by atoms with E-state index in [4.69, 9.17) is 23.2 Å². The van der Waals surface area contributed by atoms with Crippen LogP contribution >= 0.6 is 39.1 Å². The summed E-state index contributed by atoms with van der Waals surface area (Å²) in [6.45, 7) is -1.08. The Morgan fingerprint density at radius 1 is 1.21 bits per heavy atom. The highest BCUT2D eigenvalue weighted by Crippen LogP contribution is 2.34. The largest absolute Gasteiger partial charge is 0.432 e. The van der Waals surface area contributed by atoms with Crippen LogP contribution in [0.5, 0.6) is 5.75 Å². The molecule has 1 heterocycles. The van der Waals surface area contributed by atoms with Gasteiger partial charge in [-0.05, 0) is 36.8 Å². The third-order valence-electron chi connectivity index (χ3n) is 3.50. The number of rotatable bonds is 4. The fourth-order valence-electron chi connectivity index (χ4n) is 2.42. The SMILES string of the molecule is C[C@H](c1ccc(Cl)cc1Cl)n1nnc2c(OC(F)F)cc(Br)cc21. The van der Waals surface area contributed by atoms with Gasteiger partial charge in [0.25, 0.3) is 0 Å². The predicted octanol–water partition coefficient (Wildman–Crippen LogP) is 5.71. The summed E-state index contributed by atoms with van der Waals surface area (Å²) in [5, 5.41) is 9.05. The molecular weight excluding hydrogens is 427 g/mol. The molecule has 1 atom stereocenters. The number of ether oxygens (including phenoxy) is 1. The average molecular weight is 437 g/mol. The van der Waals surface area contributed by atoms with E-state index in [2.05, 4.69) is 31.0 Å². The molecule has 0 N–H and O–H groups in total. The number of halogens is 5. The quantitative estimate of drug-likeness (QED) is 0.525. The van der Waals surface area contributed by atoms with Crippen LogP contribution in [0.25, 0.3) is 11.0 Å². The number of hydrogen-bond donors (Lipinski definition) is 0. The zero-order valence-electron chi connectivity index (χ0n) is 12.2. The molecule has 0 unspecified atom stereocenters. The summed E-state index contributed by atoms with van der Waals surface area (Å²) >= 11 is 15.4. The van der Waals surface area contributed by atoms with Crippen molar-refractivity contribution in [2.75, 3.05) is 0 Å². The van der Waals surface area contributed by atoms with Gasteiger partial charge in [0.05, 0.1) is 11.6 Å². The van der Waals surface area contributed by atoms with E-state index in [-0.39, 0.29) is 17.3 Å². The lowest BCUT2D eigenvalue weighted by atomic mass is 10.1. The molecule has 24 heavy (non-hydrogen) atoms. The van der Waals surface area contributed by atoms with Crippen molar-refractivity contribution in [3.05, 3.63) is 50.4 Å². The Morgan fingerprint density at radius 3 is 2.62 bits per heavy atom. The van der Waals surface area contributed by atoms with Gasteiger partial charge in [0.1, 0.15) is 0 Å². The van der Waals surface area contributed by atoms with Gasteiger partial charge in [-0.25, -0.2) is 4.68 Å². The van der Waals surface area contributed by atoms with Crippen molar-refractivity contribution in [1.82, 2.24) is 15.0 Å². The molecule has 1 aromatic heterocycles. The van der Waals surface area contributed by atoms with Crippen molar-refractivity contribution < 1.29 is 13.5 Å². The maximum atomic E-state index is 12.6. The number of benzene rings is 2. The van der Waals surface area contributed by atoms with Gasteiger partial charge in [-0.15, -0.1) is 5.10 Å². The highest BCUT2D eigenvalue weighted by atomic mass is 79.9. The van der Waals surface area contributed by atoms with Gasteiger partial charge in [-0.1, -0.05) is 50.4 Å². The minimum atomic E-state index is -2.95. The Labute approximate surface area is 154 Å². The Kier molecular flexibility index (Phi) is 4.94. The molecule has 0 amide bonds. The molecular formula is C15H10BrCl2F2N3O. The lowest BCUT2D eigenvalue weighted by Gasteiger charge is -2.15. The van der Waals surface area contributed by atoms with E-state index in [1.807, 2.05) is 6.92 Å². The van der Waals surface area contributed by atoms with E-state index >= 15 is 0 Å². The maximum absolute atomic E-state index is 12.6. The van der Waals surface area contributed by atoms with Gasteiger partial charge in [0.2, 0.25) is 0 Å². The summed E-state index contributed by atoms with van der Waals surface area (Å²) in [7, 11) is 0. The maximum Gasteiger partial charge on any atom is 0.387 e. The molecule has 0 saturated carbocycles. The highest BCUT2D eigenvalue weighted by Gasteiger charge is 2.20. The summed E-state index contributed by atoms with van der Waals surface area (Å²) in [6, 6.07) is 8.02. The molecule has 2 aromatic carbocycles. The predicted molar refractivity (Wildman–Crippen MR) is 92.1 cm³/mol. The Balaban J connectivity index is 2.11. The molecule has 3 aromatic rings. The summed E-state index contributed by atoms with van der Waals surface area (Å²) in [6.07, 6.45) is 0. The fourth-order valence-corrected chi connectivity index (χ4v) is 3.41. The first-order valence-electron chi connectivity index (χ1n) is 6.81. The van der Waals surface area contributed by atoms with Crippen molar-refractivity contribution >= 4 is 50.2 Å². The van der Waals surface area contributed by atoms with Gasteiger partial charge in [0, 0.05) is 14.5 Å². The number of hydrogen-bond acceptors (Lipinski definition) is 3. The minimum absolute atomic E-state index is 0.0463. The molecule has 0 aliphatic heterocycles. The third-order valence-corrected chi connectivity index (χ3v) is 4.52. The van der Waals surface area contributed by atoms with Crippen LogP contribution in [0.15, 0.2) is 34.8 Å². The first-order chi connectivity index (χ1) is 11.4. The van der Waals surface area contributed by atoms with Crippen LogP contribution in [-0.4, -0.2) is 21.6 Å². The lowest BCUT2D eigenvalue weighted by molar-refractivity contribution is -0.0489. The van der Waals surface area contributed by atoms with Crippen LogP contribution in [0.2, 0.25) is 10.0 Å². The molecule has 0 saturated heterocycles.